The number of carbonyl (C=O) groups is 1. The number of hydrogen-bond acceptors (Lipinski definition) is 2. The molecule has 2 fully saturated rings. The van der Waals surface area contributed by atoms with E-state index in [0.29, 0.717) is 6.04 Å². The van der Waals surface area contributed by atoms with Crippen molar-refractivity contribution in [2.24, 2.45) is 5.92 Å². The van der Waals surface area contributed by atoms with Crippen molar-refractivity contribution in [3.05, 3.63) is 34.9 Å². The molecule has 2 nitrogen and oxygen atoms in total. The summed E-state index contributed by atoms with van der Waals surface area (Å²) < 4.78 is 0. The summed E-state index contributed by atoms with van der Waals surface area (Å²) in [4.78, 5) is 12.7. The summed E-state index contributed by atoms with van der Waals surface area (Å²) in [5.41, 5.74) is 3.34. The van der Waals surface area contributed by atoms with Crippen LogP contribution in [0.15, 0.2) is 18.2 Å². The fourth-order valence-electron chi connectivity index (χ4n) is 3.80. The van der Waals surface area contributed by atoms with E-state index in [1.54, 1.807) is 0 Å². The number of nitrogens with one attached hydrogen (secondary N) is 1. The molecule has 1 saturated heterocycles. The van der Waals surface area contributed by atoms with Crippen LogP contribution in [0.3, 0.4) is 0 Å². The maximum absolute atomic E-state index is 12.7. The lowest BCUT2D eigenvalue weighted by Gasteiger charge is -2.40. The van der Waals surface area contributed by atoms with Gasteiger partial charge in [0, 0.05) is 11.6 Å². The van der Waals surface area contributed by atoms with Gasteiger partial charge in [0.15, 0.2) is 5.78 Å². The van der Waals surface area contributed by atoms with Crippen LogP contribution in [0.25, 0.3) is 0 Å². The van der Waals surface area contributed by atoms with Gasteiger partial charge >= 0.3 is 0 Å². The van der Waals surface area contributed by atoms with Crippen LogP contribution in [0.1, 0.15) is 60.0 Å². The molecule has 108 valence electrons. The molecule has 1 aliphatic carbocycles. The zero-order valence-corrected chi connectivity index (χ0v) is 12.6. The topological polar surface area (TPSA) is 29.1 Å². The van der Waals surface area contributed by atoms with Gasteiger partial charge in [-0.3, -0.25) is 4.79 Å². The normalized spacial score (nSPS) is 29.8. The molecule has 2 aliphatic rings. The van der Waals surface area contributed by atoms with E-state index in [-0.39, 0.29) is 11.8 Å². The van der Waals surface area contributed by atoms with Crippen molar-refractivity contribution in [1.82, 2.24) is 5.32 Å². The average Bonchev–Trinajstić information content (AvgIpc) is 2.49. The van der Waals surface area contributed by atoms with Crippen molar-refractivity contribution < 1.29 is 4.79 Å². The summed E-state index contributed by atoms with van der Waals surface area (Å²) >= 11 is 0. The first-order valence-corrected chi connectivity index (χ1v) is 8.02. The van der Waals surface area contributed by atoms with E-state index in [0.717, 1.165) is 17.9 Å². The van der Waals surface area contributed by atoms with Gasteiger partial charge in [0.2, 0.25) is 0 Å². The van der Waals surface area contributed by atoms with Crippen LogP contribution < -0.4 is 5.32 Å². The van der Waals surface area contributed by atoms with Crippen LogP contribution >= 0.6 is 0 Å². The van der Waals surface area contributed by atoms with Crippen LogP contribution in [0, 0.1) is 19.8 Å². The molecular weight excluding hydrogens is 246 g/mol. The predicted octanol–water partition coefficient (Wildman–Crippen LogP) is 3.80. The molecule has 20 heavy (non-hydrogen) atoms. The van der Waals surface area contributed by atoms with Gasteiger partial charge in [0.25, 0.3) is 0 Å². The van der Waals surface area contributed by atoms with E-state index >= 15 is 0 Å². The fourth-order valence-corrected chi connectivity index (χ4v) is 3.80. The predicted molar refractivity (Wildman–Crippen MR) is 82.2 cm³/mol. The Balaban J connectivity index is 1.72. The van der Waals surface area contributed by atoms with E-state index in [1.165, 1.54) is 43.2 Å². The smallest absolute Gasteiger partial charge is 0.179 e. The number of Topliss-reactive ketones (excluding diaryl/α,β-unsaturated/α-hetero) is 1. The fraction of sp³-hybridized carbons (Fsp3) is 0.611. The van der Waals surface area contributed by atoms with E-state index in [4.69, 9.17) is 0 Å². The Bertz CT molecular complexity index is 508. The molecule has 0 amide bonds. The summed E-state index contributed by atoms with van der Waals surface area (Å²) in [6.07, 6.45) is 7.52. The Morgan fingerprint density at radius 2 is 1.85 bits per heavy atom. The molecule has 1 aliphatic heterocycles. The highest BCUT2D eigenvalue weighted by Gasteiger charge is 2.34. The van der Waals surface area contributed by atoms with Crippen LogP contribution in [0.2, 0.25) is 0 Å². The molecule has 3 unspecified atom stereocenters. The second-order valence-corrected chi connectivity index (χ2v) is 6.61. The van der Waals surface area contributed by atoms with Crippen molar-refractivity contribution in [2.75, 3.05) is 0 Å². The molecule has 0 aromatic heterocycles. The van der Waals surface area contributed by atoms with Crippen molar-refractivity contribution >= 4 is 5.78 Å². The number of carbonyl (C=O) groups excluding carboxylic acids is 1. The van der Waals surface area contributed by atoms with Crippen molar-refractivity contribution in [1.29, 1.82) is 0 Å². The minimum atomic E-state index is 0.0384. The third-order valence-corrected chi connectivity index (χ3v) is 5.26. The lowest BCUT2D eigenvalue weighted by molar-refractivity contribution is 0.0861. The van der Waals surface area contributed by atoms with Crippen molar-refractivity contribution in [2.45, 2.75) is 64.5 Å². The lowest BCUT2D eigenvalue weighted by Crippen LogP contribution is -2.52. The molecular formula is C18H25NO. The lowest BCUT2D eigenvalue weighted by atomic mass is 9.77. The zero-order chi connectivity index (χ0) is 14.1. The molecule has 1 heterocycles. The van der Waals surface area contributed by atoms with Gasteiger partial charge < -0.3 is 5.32 Å². The summed E-state index contributed by atoms with van der Waals surface area (Å²) in [6, 6.07) is 6.72. The van der Waals surface area contributed by atoms with Gasteiger partial charge in [-0.1, -0.05) is 25.0 Å². The molecule has 1 N–H and O–H groups in total. The van der Waals surface area contributed by atoms with E-state index in [1.807, 2.05) is 12.1 Å². The molecule has 1 saturated carbocycles. The molecule has 1 aromatic rings. The monoisotopic (exact) mass is 271 g/mol. The number of benzene rings is 1. The average molecular weight is 271 g/mol. The number of fused-ring (bicyclic) bond motifs is 1. The van der Waals surface area contributed by atoms with Crippen molar-refractivity contribution in [3.63, 3.8) is 0 Å². The number of piperidine rings is 1. The van der Waals surface area contributed by atoms with Gasteiger partial charge in [0.1, 0.15) is 0 Å². The third kappa shape index (κ3) is 2.67. The molecule has 0 radical (unpaired) electrons. The van der Waals surface area contributed by atoms with Gasteiger partial charge in [-0.05, 0) is 62.6 Å². The first-order valence-electron chi connectivity index (χ1n) is 8.02. The van der Waals surface area contributed by atoms with Gasteiger partial charge in [-0.15, -0.1) is 0 Å². The largest absolute Gasteiger partial charge is 0.304 e. The second-order valence-electron chi connectivity index (χ2n) is 6.61. The third-order valence-electron chi connectivity index (χ3n) is 5.26. The number of rotatable bonds is 2. The van der Waals surface area contributed by atoms with E-state index in [9.17, 15) is 4.79 Å². The van der Waals surface area contributed by atoms with Crippen LogP contribution in [0.4, 0.5) is 0 Å². The van der Waals surface area contributed by atoms with Gasteiger partial charge in [0.05, 0.1) is 6.04 Å². The maximum Gasteiger partial charge on any atom is 0.179 e. The Kier molecular flexibility index (Phi) is 3.93. The number of ketones is 1. The van der Waals surface area contributed by atoms with Gasteiger partial charge in [-0.25, -0.2) is 0 Å². The second kappa shape index (κ2) is 5.69. The summed E-state index contributed by atoms with van der Waals surface area (Å²) in [6.45, 7) is 4.17. The highest BCUT2D eigenvalue weighted by atomic mass is 16.1. The molecule has 0 spiro atoms. The Morgan fingerprint density at radius 1 is 1.05 bits per heavy atom. The minimum Gasteiger partial charge on any atom is -0.304 e. The Labute approximate surface area is 122 Å². The first-order chi connectivity index (χ1) is 9.65. The Hall–Kier alpha value is -1.15. The SMILES string of the molecule is Cc1ccc(C(=O)C2CCC3CCCCC3N2)cc1C. The summed E-state index contributed by atoms with van der Waals surface area (Å²) in [5.74, 6) is 1.10. The van der Waals surface area contributed by atoms with Crippen LogP contribution in [-0.2, 0) is 0 Å². The zero-order valence-electron chi connectivity index (χ0n) is 12.6. The summed E-state index contributed by atoms with van der Waals surface area (Å²) in [7, 11) is 0. The molecule has 2 heteroatoms. The molecule has 3 rings (SSSR count). The molecule has 0 bridgehead atoms. The van der Waals surface area contributed by atoms with Gasteiger partial charge in [-0.2, -0.15) is 0 Å². The Morgan fingerprint density at radius 3 is 2.65 bits per heavy atom. The highest BCUT2D eigenvalue weighted by Crippen LogP contribution is 2.33. The number of hydrogen-bond donors (Lipinski definition) is 1. The quantitative estimate of drug-likeness (QED) is 0.829. The standard InChI is InChI=1S/C18H25NO/c1-12-7-8-15(11-13(12)2)18(20)17-10-9-14-5-3-4-6-16(14)19-17/h7-8,11,14,16-17,19H,3-6,9-10H2,1-2H3. The minimum absolute atomic E-state index is 0.0384. The maximum atomic E-state index is 12.7. The first kappa shape index (κ1) is 13.8. The summed E-state index contributed by atoms with van der Waals surface area (Å²) in [5, 5.41) is 3.64. The van der Waals surface area contributed by atoms with Crippen LogP contribution in [-0.4, -0.2) is 17.9 Å². The molecule has 1 aromatic carbocycles. The highest BCUT2D eigenvalue weighted by molar-refractivity contribution is 6.00. The number of aryl methyl sites for hydroxylation is 2. The van der Waals surface area contributed by atoms with E-state index < -0.39 is 0 Å². The van der Waals surface area contributed by atoms with E-state index in [2.05, 4.69) is 25.2 Å². The van der Waals surface area contributed by atoms with Crippen molar-refractivity contribution in [3.8, 4) is 0 Å². The van der Waals surface area contributed by atoms with Crippen LogP contribution in [0.5, 0.6) is 0 Å². The molecule has 3 atom stereocenters.